The molecule has 2 amide bonds. The monoisotopic (exact) mass is 388 g/mol. The Hall–Kier alpha value is -1.38. The number of amides is 2. The third kappa shape index (κ3) is 3.34. The van der Waals surface area contributed by atoms with Gasteiger partial charge in [0.1, 0.15) is 0 Å². The van der Waals surface area contributed by atoms with Crippen LogP contribution in [0.5, 0.6) is 0 Å². The van der Waals surface area contributed by atoms with Crippen molar-refractivity contribution in [3.8, 4) is 0 Å². The van der Waals surface area contributed by atoms with Gasteiger partial charge in [-0.2, -0.15) is 0 Å². The normalized spacial score (nSPS) is 18.5. The fraction of sp³-hybridized carbons (Fsp3) is 0.429. The number of urea groups is 1. The molecule has 1 atom stereocenters. The number of carbonyl (C=O) groups is 2. The van der Waals surface area contributed by atoms with Crippen LogP contribution in [0.4, 0.5) is 4.79 Å². The smallest absolute Gasteiger partial charge is 0.338 e. The largest absolute Gasteiger partial charge is 0.466 e. The fourth-order valence-corrected chi connectivity index (χ4v) is 3.80. The summed E-state index contributed by atoms with van der Waals surface area (Å²) in [5.41, 5.74) is 1.02. The molecule has 2 rings (SSSR count). The summed E-state index contributed by atoms with van der Waals surface area (Å²) < 4.78 is 10.8. The maximum atomic E-state index is 12.3. The van der Waals surface area contributed by atoms with Crippen LogP contribution in [0.2, 0.25) is 0 Å². The molecule has 0 saturated heterocycles. The van der Waals surface area contributed by atoms with Gasteiger partial charge in [0.15, 0.2) is 0 Å². The number of carbonyl (C=O) groups excluding carboxylic acids is 2. The van der Waals surface area contributed by atoms with E-state index in [9.17, 15) is 9.59 Å². The van der Waals surface area contributed by atoms with E-state index < -0.39 is 12.0 Å². The summed E-state index contributed by atoms with van der Waals surface area (Å²) >= 11 is 4.85. The predicted octanol–water partition coefficient (Wildman–Crippen LogP) is 2.67. The summed E-state index contributed by atoms with van der Waals surface area (Å²) in [6, 6.07) is 1.13. The lowest BCUT2D eigenvalue weighted by atomic mass is 10.0. The third-order valence-electron chi connectivity index (χ3n) is 3.39. The Balaban J connectivity index is 2.44. The molecule has 120 valence electrons. The van der Waals surface area contributed by atoms with Gasteiger partial charge in [0.05, 0.1) is 31.9 Å². The van der Waals surface area contributed by atoms with Gasteiger partial charge < -0.3 is 14.8 Å². The number of nitrogens with zero attached hydrogens (tertiary/aromatic N) is 1. The Labute approximate surface area is 141 Å². The van der Waals surface area contributed by atoms with E-state index in [4.69, 9.17) is 9.47 Å². The van der Waals surface area contributed by atoms with Gasteiger partial charge in [-0.1, -0.05) is 0 Å². The summed E-state index contributed by atoms with van der Waals surface area (Å²) in [5.74, 6) is -0.450. The summed E-state index contributed by atoms with van der Waals surface area (Å²) in [5, 5.41) is 4.77. The van der Waals surface area contributed by atoms with Crippen LogP contribution in [0.25, 0.3) is 0 Å². The molecule has 22 heavy (non-hydrogen) atoms. The molecule has 1 aliphatic rings. The quantitative estimate of drug-likeness (QED) is 0.787. The number of nitrogens with one attached hydrogen (secondary N) is 1. The Kier molecular flexibility index (Phi) is 5.60. The van der Waals surface area contributed by atoms with Crippen molar-refractivity contribution in [3.05, 3.63) is 32.1 Å². The van der Waals surface area contributed by atoms with E-state index in [1.807, 2.05) is 11.4 Å². The molecule has 0 unspecified atom stereocenters. The lowest BCUT2D eigenvalue weighted by Crippen LogP contribution is -2.48. The van der Waals surface area contributed by atoms with Crippen LogP contribution in [0.3, 0.4) is 0 Å². The van der Waals surface area contributed by atoms with E-state index in [0.717, 1.165) is 9.35 Å². The number of halogens is 1. The highest BCUT2D eigenvalue weighted by molar-refractivity contribution is 9.10. The predicted molar refractivity (Wildman–Crippen MR) is 86.6 cm³/mol. The van der Waals surface area contributed by atoms with Gasteiger partial charge in [-0.05, 0) is 28.9 Å². The summed E-state index contributed by atoms with van der Waals surface area (Å²) in [6.07, 6.45) is 0. The Morgan fingerprint density at radius 2 is 2.23 bits per heavy atom. The fourth-order valence-electron chi connectivity index (χ4n) is 2.30. The molecule has 0 saturated carbocycles. The highest BCUT2D eigenvalue weighted by Crippen LogP contribution is 2.35. The molecule has 0 aromatic carbocycles. The summed E-state index contributed by atoms with van der Waals surface area (Å²) in [7, 11) is 2.90. The zero-order valence-electron chi connectivity index (χ0n) is 12.5. The minimum atomic E-state index is -0.505. The first kappa shape index (κ1) is 17.0. The van der Waals surface area contributed by atoms with Crippen LogP contribution in [0, 0.1) is 0 Å². The van der Waals surface area contributed by atoms with Crippen LogP contribution < -0.4 is 5.32 Å². The molecule has 6 nitrogen and oxygen atoms in total. The van der Waals surface area contributed by atoms with E-state index in [2.05, 4.69) is 21.2 Å². The molecular formula is C14H17BrN2O4S. The van der Waals surface area contributed by atoms with Crippen molar-refractivity contribution in [2.24, 2.45) is 0 Å². The van der Waals surface area contributed by atoms with Gasteiger partial charge in [-0.15, -0.1) is 11.3 Å². The minimum Gasteiger partial charge on any atom is -0.466 e. The van der Waals surface area contributed by atoms with Crippen molar-refractivity contribution in [3.63, 3.8) is 0 Å². The van der Waals surface area contributed by atoms with Crippen molar-refractivity contribution >= 4 is 39.3 Å². The van der Waals surface area contributed by atoms with Crippen LogP contribution in [0.15, 0.2) is 27.2 Å². The number of rotatable bonds is 5. The Morgan fingerprint density at radius 1 is 1.50 bits per heavy atom. The lowest BCUT2D eigenvalue weighted by Gasteiger charge is -2.34. The molecule has 8 heteroatoms. The second-order valence-corrected chi connectivity index (χ2v) is 6.54. The SMILES string of the molecule is COCCN1C(=O)N[C@@H](c2cc(Br)cs2)C(C(=O)OC)=C1C. The van der Waals surface area contributed by atoms with Crippen molar-refractivity contribution in [2.75, 3.05) is 27.4 Å². The second kappa shape index (κ2) is 7.26. The van der Waals surface area contributed by atoms with Crippen LogP contribution in [0.1, 0.15) is 17.8 Å². The number of ether oxygens (including phenoxy) is 2. The molecule has 0 fully saturated rings. The van der Waals surface area contributed by atoms with E-state index in [-0.39, 0.29) is 6.03 Å². The minimum absolute atomic E-state index is 0.253. The Morgan fingerprint density at radius 3 is 2.77 bits per heavy atom. The highest BCUT2D eigenvalue weighted by atomic mass is 79.9. The van der Waals surface area contributed by atoms with E-state index in [1.165, 1.54) is 23.3 Å². The standard InChI is InChI=1S/C14H17BrN2O4S/c1-8-11(13(18)21-3)12(10-6-9(15)7-22-10)16-14(19)17(8)4-5-20-2/h6-7,12H,4-5H2,1-3H3,(H,16,19)/t12-/m0/s1. The van der Waals surface area contributed by atoms with Crippen LogP contribution >= 0.6 is 27.3 Å². The van der Waals surface area contributed by atoms with E-state index in [0.29, 0.717) is 24.4 Å². The first-order valence-electron chi connectivity index (χ1n) is 6.59. The molecular weight excluding hydrogens is 372 g/mol. The summed E-state index contributed by atoms with van der Waals surface area (Å²) in [6.45, 7) is 2.50. The van der Waals surface area contributed by atoms with Gasteiger partial charge in [0.25, 0.3) is 0 Å². The average molecular weight is 389 g/mol. The number of thiophene rings is 1. The van der Waals surface area contributed by atoms with Gasteiger partial charge in [0, 0.05) is 27.5 Å². The number of hydrogen-bond acceptors (Lipinski definition) is 5. The van der Waals surface area contributed by atoms with Crippen LogP contribution in [-0.2, 0) is 14.3 Å². The lowest BCUT2D eigenvalue weighted by molar-refractivity contribution is -0.136. The van der Waals surface area contributed by atoms with Crippen molar-refractivity contribution in [2.45, 2.75) is 13.0 Å². The highest BCUT2D eigenvalue weighted by Gasteiger charge is 2.36. The third-order valence-corrected chi connectivity index (χ3v) is 5.15. The van der Waals surface area contributed by atoms with E-state index >= 15 is 0 Å². The molecule has 0 bridgehead atoms. The van der Waals surface area contributed by atoms with Gasteiger partial charge in [-0.3, -0.25) is 4.90 Å². The zero-order chi connectivity index (χ0) is 16.3. The number of hydrogen-bond donors (Lipinski definition) is 1. The molecule has 1 aliphatic heterocycles. The zero-order valence-corrected chi connectivity index (χ0v) is 14.9. The molecule has 0 radical (unpaired) electrons. The first-order chi connectivity index (χ1) is 10.5. The molecule has 0 spiro atoms. The van der Waals surface area contributed by atoms with Gasteiger partial charge in [-0.25, -0.2) is 9.59 Å². The number of allylic oxidation sites excluding steroid dienone is 1. The average Bonchev–Trinajstić information content (AvgIpc) is 2.92. The number of methoxy groups -OCH3 is 2. The molecule has 1 N–H and O–H groups in total. The first-order valence-corrected chi connectivity index (χ1v) is 8.26. The molecule has 1 aromatic rings. The number of esters is 1. The maximum absolute atomic E-state index is 12.3. The summed E-state index contributed by atoms with van der Waals surface area (Å²) in [4.78, 5) is 26.9. The molecule has 0 aliphatic carbocycles. The molecule has 2 heterocycles. The Bertz CT molecular complexity index is 614. The van der Waals surface area contributed by atoms with Crippen molar-refractivity contribution in [1.82, 2.24) is 10.2 Å². The molecule has 1 aromatic heterocycles. The van der Waals surface area contributed by atoms with Crippen molar-refractivity contribution in [1.29, 1.82) is 0 Å². The van der Waals surface area contributed by atoms with Crippen molar-refractivity contribution < 1.29 is 19.1 Å². The van der Waals surface area contributed by atoms with Gasteiger partial charge >= 0.3 is 12.0 Å². The topological polar surface area (TPSA) is 67.9 Å². The second-order valence-electron chi connectivity index (χ2n) is 4.68. The van der Waals surface area contributed by atoms with Crippen LogP contribution in [-0.4, -0.2) is 44.3 Å². The van der Waals surface area contributed by atoms with E-state index in [1.54, 1.807) is 14.0 Å². The maximum Gasteiger partial charge on any atom is 0.338 e. The van der Waals surface area contributed by atoms with Gasteiger partial charge in [0.2, 0.25) is 0 Å².